The summed E-state index contributed by atoms with van der Waals surface area (Å²) in [6, 6.07) is 2.00. The summed E-state index contributed by atoms with van der Waals surface area (Å²) in [6.07, 6.45) is 1.44. The van der Waals surface area contributed by atoms with Crippen LogP contribution >= 0.6 is 15.9 Å². The lowest BCUT2D eigenvalue weighted by Crippen LogP contribution is -2.15. The second-order valence-electron chi connectivity index (χ2n) is 4.33. The van der Waals surface area contributed by atoms with Crippen LogP contribution in [-0.2, 0) is 0 Å². The first-order valence-corrected chi connectivity index (χ1v) is 6.11. The third-order valence-corrected chi connectivity index (χ3v) is 3.12. The van der Waals surface area contributed by atoms with Gasteiger partial charge in [-0.25, -0.2) is 8.78 Å². The van der Waals surface area contributed by atoms with Crippen molar-refractivity contribution in [3.63, 3.8) is 0 Å². The molecule has 90 valence electrons. The van der Waals surface area contributed by atoms with Crippen molar-refractivity contribution in [3.05, 3.63) is 33.8 Å². The van der Waals surface area contributed by atoms with Gasteiger partial charge in [0, 0.05) is 11.6 Å². The van der Waals surface area contributed by atoms with Crippen LogP contribution in [0.5, 0.6) is 0 Å². The predicted octanol–water partition coefficient (Wildman–Crippen LogP) is 4.16. The lowest BCUT2D eigenvalue weighted by molar-refractivity contribution is 0.467. The maximum absolute atomic E-state index is 13.7. The van der Waals surface area contributed by atoms with E-state index in [-0.39, 0.29) is 10.0 Å². The van der Waals surface area contributed by atoms with Crippen molar-refractivity contribution in [2.75, 3.05) is 0 Å². The maximum Gasteiger partial charge on any atom is 0.145 e. The van der Waals surface area contributed by atoms with Crippen LogP contribution < -0.4 is 5.73 Å². The highest BCUT2D eigenvalue weighted by atomic mass is 79.9. The largest absolute Gasteiger partial charge is 0.324 e. The van der Waals surface area contributed by atoms with E-state index in [4.69, 9.17) is 5.73 Å². The minimum Gasteiger partial charge on any atom is -0.324 e. The molecule has 1 aromatic carbocycles. The van der Waals surface area contributed by atoms with E-state index in [1.807, 2.05) is 0 Å². The van der Waals surface area contributed by atoms with Crippen LogP contribution in [0.15, 0.2) is 16.6 Å². The molecule has 4 heteroatoms. The molecule has 0 amide bonds. The molecule has 0 unspecified atom stereocenters. The van der Waals surface area contributed by atoms with E-state index in [1.54, 1.807) is 0 Å². The summed E-state index contributed by atoms with van der Waals surface area (Å²) in [5, 5.41) is 0. The highest BCUT2D eigenvalue weighted by Gasteiger charge is 2.18. The van der Waals surface area contributed by atoms with E-state index >= 15 is 0 Å². The van der Waals surface area contributed by atoms with E-state index in [0.717, 1.165) is 6.42 Å². The fourth-order valence-electron chi connectivity index (χ4n) is 1.54. The molecule has 1 atom stereocenters. The fourth-order valence-corrected chi connectivity index (χ4v) is 1.89. The molecule has 16 heavy (non-hydrogen) atoms. The third-order valence-electron chi connectivity index (χ3n) is 2.51. The SMILES string of the molecule is CC(C)CC[C@H](N)c1c(F)ccc(Br)c1F. The molecule has 0 bridgehead atoms. The molecule has 0 saturated carbocycles. The van der Waals surface area contributed by atoms with Gasteiger partial charge in [-0.3, -0.25) is 0 Å². The number of halogens is 3. The highest BCUT2D eigenvalue weighted by Crippen LogP contribution is 2.28. The van der Waals surface area contributed by atoms with Gasteiger partial charge >= 0.3 is 0 Å². The van der Waals surface area contributed by atoms with Gasteiger partial charge in [-0.1, -0.05) is 13.8 Å². The minimum atomic E-state index is -0.587. The van der Waals surface area contributed by atoms with Gasteiger partial charge in [-0.05, 0) is 46.8 Å². The molecule has 0 radical (unpaired) electrons. The summed E-state index contributed by atoms with van der Waals surface area (Å²) in [5.41, 5.74) is 5.79. The van der Waals surface area contributed by atoms with Gasteiger partial charge in [-0.15, -0.1) is 0 Å². The van der Waals surface area contributed by atoms with Gasteiger partial charge in [0.1, 0.15) is 11.6 Å². The smallest absolute Gasteiger partial charge is 0.145 e. The Morgan fingerprint density at radius 2 is 1.88 bits per heavy atom. The zero-order valence-corrected chi connectivity index (χ0v) is 11.0. The van der Waals surface area contributed by atoms with E-state index in [0.29, 0.717) is 12.3 Å². The number of rotatable bonds is 4. The Morgan fingerprint density at radius 1 is 1.25 bits per heavy atom. The van der Waals surface area contributed by atoms with Gasteiger partial charge in [0.15, 0.2) is 0 Å². The Kier molecular flexibility index (Phi) is 4.87. The van der Waals surface area contributed by atoms with Crippen LogP contribution in [0.1, 0.15) is 38.3 Å². The Balaban J connectivity index is 2.90. The molecule has 0 aromatic heterocycles. The quantitative estimate of drug-likeness (QED) is 0.828. The molecule has 0 spiro atoms. The summed E-state index contributed by atoms with van der Waals surface area (Å²) in [7, 11) is 0. The fraction of sp³-hybridized carbons (Fsp3) is 0.500. The zero-order valence-electron chi connectivity index (χ0n) is 9.43. The summed E-state index contributed by atoms with van der Waals surface area (Å²) in [4.78, 5) is 0. The Labute approximate surface area is 103 Å². The predicted molar refractivity (Wildman–Crippen MR) is 65.1 cm³/mol. The lowest BCUT2D eigenvalue weighted by atomic mass is 9.97. The highest BCUT2D eigenvalue weighted by molar-refractivity contribution is 9.10. The van der Waals surface area contributed by atoms with Crippen LogP contribution in [0, 0.1) is 17.6 Å². The van der Waals surface area contributed by atoms with E-state index < -0.39 is 17.7 Å². The molecule has 0 saturated heterocycles. The summed E-state index contributed by atoms with van der Waals surface area (Å²) in [6.45, 7) is 4.11. The number of benzene rings is 1. The number of hydrogen-bond acceptors (Lipinski definition) is 1. The minimum absolute atomic E-state index is 0.0185. The van der Waals surface area contributed by atoms with Crippen molar-refractivity contribution < 1.29 is 8.78 Å². The van der Waals surface area contributed by atoms with Crippen LogP contribution in [-0.4, -0.2) is 0 Å². The Hall–Kier alpha value is -0.480. The standard InChI is InChI=1S/C12H16BrF2N/c1-7(2)3-6-10(16)11-9(14)5-4-8(13)12(11)15/h4-5,7,10H,3,6,16H2,1-2H3/t10-/m0/s1. The maximum atomic E-state index is 13.7. The normalized spacial score (nSPS) is 13.2. The van der Waals surface area contributed by atoms with E-state index in [9.17, 15) is 8.78 Å². The summed E-state index contributed by atoms with van der Waals surface area (Å²) in [5.74, 6) is -0.683. The summed E-state index contributed by atoms with van der Waals surface area (Å²) < 4.78 is 27.4. The van der Waals surface area contributed by atoms with Crippen molar-refractivity contribution >= 4 is 15.9 Å². The van der Waals surface area contributed by atoms with Gasteiger partial charge in [0.2, 0.25) is 0 Å². The van der Waals surface area contributed by atoms with Crippen LogP contribution in [0.4, 0.5) is 8.78 Å². The third kappa shape index (κ3) is 3.25. The van der Waals surface area contributed by atoms with Crippen LogP contribution in [0.2, 0.25) is 0 Å². The second kappa shape index (κ2) is 5.73. The molecule has 2 N–H and O–H groups in total. The Morgan fingerprint density at radius 3 is 2.44 bits per heavy atom. The average molecular weight is 292 g/mol. The monoisotopic (exact) mass is 291 g/mol. The van der Waals surface area contributed by atoms with E-state index in [1.165, 1.54) is 12.1 Å². The first kappa shape index (κ1) is 13.6. The van der Waals surface area contributed by atoms with Gasteiger partial charge in [0.25, 0.3) is 0 Å². The van der Waals surface area contributed by atoms with Crippen LogP contribution in [0.3, 0.4) is 0 Å². The molecule has 1 nitrogen and oxygen atoms in total. The second-order valence-corrected chi connectivity index (χ2v) is 5.19. The molecular formula is C12H16BrF2N. The van der Waals surface area contributed by atoms with Crippen molar-refractivity contribution in [1.82, 2.24) is 0 Å². The molecule has 0 heterocycles. The van der Waals surface area contributed by atoms with Crippen molar-refractivity contribution in [2.24, 2.45) is 11.7 Å². The van der Waals surface area contributed by atoms with Crippen molar-refractivity contribution in [2.45, 2.75) is 32.7 Å². The number of nitrogens with two attached hydrogens (primary N) is 1. The molecule has 0 aliphatic carbocycles. The lowest BCUT2D eigenvalue weighted by Gasteiger charge is -2.15. The van der Waals surface area contributed by atoms with Gasteiger partial charge < -0.3 is 5.73 Å². The molecular weight excluding hydrogens is 276 g/mol. The molecule has 0 fully saturated rings. The summed E-state index contributed by atoms with van der Waals surface area (Å²) >= 11 is 3.03. The van der Waals surface area contributed by atoms with E-state index in [2.05, 4.69) is 29.8 Å². The van der Waals surface area contributed by atoms with Gasteiger partial charge in [-0.2, -0.15) is 0 Å². The molecule has 1 rings (SSSR count). The first-order chi connectivity index (χ1) is 7.43. The zero-order chi connectivity index (χ0) is 12.3. The molecule has 1 aromatic rings. The molecule has 0 aliphatic rings. The van der Waals surface area contributed by atoms with Crippen molar-refractivity contribution in [1.29, 1.82) is 0 Å². The van der Waals surface area contributed by atoms with Gasteiger partial charge in [0.05, 0.1) is 4.47 Å². The average Bonchev–Trinajstić information content (AvgIpc) is 2.21. The number of hydrogen-bond donors (Lipinski definition) is 1. The first-order valence-electron chi connectivity index (χ1n) is 5.32. The molecule has 0 aliphatic heterocycles. The van der Waals surface area contributed by atoms with Crippen molar-refractivity contribution in [3.8, 4) is 0 Å². The topological polar surface area (TPSA) is 26.0 Å². The van der Waals surface area contributed by atoms with Crippen LogP contribution in [0.25, 0.3) is 0 Å². The Bertz CT molecular complexity index is 366.